The molecule has 4 heterocycles. The molecule has 0 aliphatic carbocycles. The Bertz CT molecular complexity index is 1430. The summed E-state index contributed by atoms with van der Waals surface area (Å²) in [6.07, 6.45) is -5.22. The molecule has 186 valence electrons. The number of rotatable bonds is 5. The van der Waals surface area contributed by atoms with Crippen molar-refractivity contribution in [3.05, 3.63) is 61.3 Å². The molecular weight excluding hydrogens is 487 g/mol. The molecule has 16 heteroatoms. The van der Waals surface area contributed by atoms with Gasteiger partial charge in [0.15, 0.2) is 6.10 Å². The highest BCUT2D eigenvalue weighted by atomic mass is 19.4. The molecule has 11 nitrogen and oxygen atoms in total. The van der Waals surface area contributed by atoms with Gasteiger partial charge in [-0.25, -0.2) is 23.7 Å². The van der Waals surface area contributed by atoms with Crippen LogP contribution in [0, 0.1) is 0 Å². The van der Waals surface area contributed by atoms with E-state index in [1.807, 2.05) is 4.98 Å². The lowest BCUT2D eigenvalue weighted by Gasteiger charge is -2.19. The van der Waals surface area contributed by atoms with Crippen LogP contribution in [-0.2, 0) is 6.18 Å². The number of pyridine rings is 1. The van der Waals surface area contributed by atoms with Gasteiger partial charge in [-0.1, -0.05) is 0 Å². The normalized spacial score (nSPS) is 17.4. The van der Waals surface area contributed by atoms with Crippen molar-refractivity contribution in [3.8, 4) is 22.9 Å². The molecule has 1 unspecified atom stereocenters. The van der Waals surface area contributed by atoms with E-state index >= 15 is 0 Å². The van der Waals surface area contributed by atoms with E-state index in [0.29, 0.717) is 6.20 Å². The Morgan fingerprint density at radius 2 is 1.91 bits per heavy atom. The second kappa shape index (κ2) is 8.52. The van der Waals surface area contributed by atoms with E-state index in [2.05, 4.69) is 24.9 Å². The van der Waals surface area contributed by atoms with Gasteiger partial charge in [0.25, 0.3) is 11.1 Å². The van der Waals surface area contributed by atoms with Gasteiger partial charge in [0, 0.05) is 18.5 Å². The number of aromatic nitrogens is 5. The molecule has 0 radical (unpaired) electrons. The number of anilines is 1. The molecule has 1 fully saturated rings. The average molecular weight is 502 g/mol. The largest absolute Gasteiger partial charge is 0.496 e. The topological polar surface area (TPSA) is 146 Å². The van der Waals surface area contributed by atoms with E-state index in [1.165, 1.54) is 0 Å². The van der Waals surface area contributed by atoms with Crippen molar-refractivity contribution in [1.82, 2.24) is 25.1 Å². The fourth-order valence-electron chi connectivity index (χ4n) is 3.44. The SMILES string of the molecule is COc1cc(OC2CN(c3cc(-c4c[nH]c(=O)[nH]c4=O)n[nH]c3=O)CC2(F)F)ncc1C(F)(F)F. The maximum atomic E-state index is 14.7. The quantitative estimate of drug-likeness (QED) is 0.441. The summed E-state index contributed by atoms with van der Waals surface area (Å²) in [5, 5.41) is 5.80. The second-order valence-corrected chi connectivity index (χ2v) is 7.42. The van der Waals surface area contributed by atoms with Gasteiger partial charge in [0.1, 0.15) is 17.0 Å². The van der Waals surface area contributed by atoms with Crippen LogP contribution in [0.1, 0.15) is 5.56 Å². The minimum Gasteiger partial charge on any atom is -0.496 e. The van der Waals surface area contributed by atoms with Crippen LogP contribution in [0.3, 0.4) is 0 Å². The summed E-state index contributed by atoms with van der Waals surface area (Å²) in [7, 11) is 0.973. The molecule has 0 saturated carbocycles. The first-order valence-corrected chi connectivity index (χ1v) is 9.72. The number of halogens is 5. The number of ether oxygens (including phenoxy) is 2. The third-order valence-electron chi connectivity index (χ3n) is 5.11. The molecule has 0 spiro atoms. The van der Waals surface area contributed by atoms with E-state index in [9.17, 15) is 36.3 Å². The summed E-state index contributed by atoms with van der Waals surface area (Å²) in [5.74, 6) is -4.74. The van der Waals surface area contributed by atoms with Crippen LogP contribution in [0.15, 0.2) is 38.9 Å². The Morgan fingerprint density at radius 1 is 1.17 bits per heavy atom. The fourth-order valence-corrected chi connectivity index (χ4v) is 3.44. The van der Waals surface area contributed by atoms with Crippen molar-refractivity contribution >= 4 is 5.69 Å². The van der Waals surface area contributed by atoms with E-state index in [4.69, 9.17) is 4.74 Å². The molecule has 0 amide bonds. The first-order chi connectivity index (χ1) is 16.4. The summed E-state index contributed by atoms with van der Waals surface area (Å²) < 4.78 is 78.3. The molecule has 3 aromatic rings. The first-order valence-electron chi connectivity index (χ1n) is 9.72. The molecule has 4 rings (SSSR count). The predicted molar refractivity (Wildman–Crippen MR) is 109 cm³/mol. The zero-order valence-corrected chi connectivity index (χ0v) is 17.6. The lowest BCUT2D eigenvalue weighted by atomic mass is 10.2. The Morgan fingerprint density at radius 3 is 2.57 bits per heavy atom. The number of hydrogen-bond donors (Lipinski definition) is 3. The predicted octanol–water partition coefficient (Wildman–Crippen LogP) is 1.14. The molecular formula is C19H15F5N6O5. The summed E-state index contributed by atoms with van der Waals surface area (Å²) in [6, 6.07) is 1.82. The van der Waals surface area contributed by atoms with Crippen LogP contribution in [-0.4, -0.2) is 57.4 Å². The molecule has 3 N–H and O–H groups in total. The number of alkyl halides is 5. The van der Waals surface area contributed by atoms with Crippen LogP contribution in [0.5, 0.6) is 11.6 Å². The first kappa shape index (κ1) is 23.9. The molecule has 1 aliphatic rings. The van der Waals surface area contributed by atoms with Crippen LogP contribution in [0.2, 0.25) is 0 Å². The van der Waals surface area contributed by atoms with Gasteiger partial charge in [-0.2, -0.15) is 18.3 Å². The monoisotopic (exact) mass is 502 g/mol. The van der Waals surface area contributed by atoms with Crippen molar-refractivity contribution in [2.24, 2.45) is 0 Å². The van der Waals surface area contributed by atoms with Crippen molar-refractivity contribution in [1.29, 1.82) is 0 Å². The van der Waals surface area contributed by atoms with E-state index in [0.717, 1.165) is 30.3 Å². The Balaban J connectivity index is 1.62. The van der Waals surface area contributed by atoms with Gasteiger partial charge >= 0.3 is 17.8 Å². The van der Waals surface area contributed by atoms with Crippen LogP contribution >= 0.6 is 0 Å². The minimum absolute atomic E-state index is 0.112. The molecule has 0 aromatic carbocycles. The number of methoxy groups -OCH3 is 1. The highest BCUT2D eigenvalue weighted by Crippen LogP contribution is 2.38. The fraction of sp³-hybridized carbons (Fsp3) is 0.316. The molecule has 35 heavy (non-hydrogen) atoms. The second-order valence-electron chi connectivity index (χ2n) is 7.42. The molecule has 1 atom stereocenters. The van der Waals surface area contributed by atoms with Crippen molar-refractivity contribution < 1.29 is 31.4 Å². The zero-order chi connectivity index (χ0) is 25.5. The number of H-pyrrole nitrogens is 3. The minimum atomic E-state index is -4.78. The van der Waals surface area contributed by atoms with Gasteiger partial charge in [0.2, 0.25) is 5.88 Å². The van der Waals surface area contributed by atoms with Crippen molar-refractivity contribution in [2.45, 2.75) is 18.2 Å². The Kier molecular flexibility index (Phi) is 5.82. The maximum absolute atomic E-state index is 14.7. The molecule has 1 aliphatic heterocycles. The van der Waals surface area contributed by atoms with Gasteiger partial charge in [-0.05, 0) is 6.07 Å². The summed E-state index contributed by atoms with van der Waals surface area (Å²) >= 11 is 0. The molecule has 3 aromatic heterocycles. The summed E-state index contributed by atoms with van der Waals surface area (Å²) in [4.78, 5) is 44.1. The lowest BCUT2D eigenvalue weighted by Crippen LogP contribution is -2.36. The standard InChI is InChI=1S/C19H15F5N6O5/c1-34-12-3-14(25-5-9(12)19(22,23)24)35-13-6-30(7-18(13,20)21)11-2-10(28-29-16(11)32)8-4-26-17(33)27-15(8)31/h2-5,13H,6-7H2,1H3,(H,29,32)(H2,26,27,31,33). The van der Waals surface area contributed by atoms with Crippen LogP contribution in [0.25, 0.3) is 11.3 Å². The Labute approximate surface area is 190 Å². The van der Waals surface area contributed by atoms with Crippen LogP contribution < -0.4 is 31.2 Å². The number of hydrogen-bond acceptors (Lipinski definition) is 8. The van der Waals surface area contributed by atoms with Gasteiger partial charge < -0.3 is 19.4 Å². The highest BCUT2D eigenvalue weighted by molar-refractivity contribution is 5.62. The maximum Gasteiger partial charge on any atom is 0.421 e. The van der Waals surface area contributed by atoms with Gasteiger partial charge in [-0.3, -0.25) is 14.6 Å². The third kappa shape index (κ3) is 4.71. The van der Waals surface area contributed by atoms with Crippen molar-refractivity contribution in [3.63, 3.8) is 0 Å². The molecule has 1 saturated heterocycles. The van der Waals surface area contributed by atoms with Crippen LogP contribution in [0.4, 0.5) is 27.6 Å². The van der Waals surface area contributed by atoms with E-state index < -0.39 is 65.3 Å². The smallest absolute Gasteiger partial charge is 0.421 e. The summed E-state index contributed by atoms with van der Waals surface area (Å²) in [5.41, 5.74) is -4.18. The van der Waals surface area contributed by atoms with Crippen molar-refractivity contribution in [2.75, 3.05) is 25.1 Å². The van der Waals surface area contributed by atoms with Gasteiger partial charge in [-0.15, -0.1) is 0 Å². The number of nitrogens with zero attached hydrogens (tertiary/aromatic N) is 3. The van der Waals surface area contributed by atoms with E-state index in [1.54, 1.807) is 0 Å². The number of aromatic amines is 3. The average Bonchev–Trinajstić information content (AvgIpc) is 3.07. The lowest BCUT2D eigenvalue weighted by molar-refractivity contribution is -0.139. The van der Waals surface area contributed by atoms with Gasteiger partial charge in [0.05, 0.1) is 31.5 Å². The Hall–Kier alpha value is -4.24. The number of nitrogens with one attached hydrogen (secondary N) is 3. The zero-order valence-electron chi connectivity index (χ0n) is 17.6. The molecule has 0 bridgehead atoms. The summed E-state index contributed by atoms with van der Waals surface area (Å²) in [6.45, 7) is -1.53. The van der Waals surface area contributed by atoms with E-state index in [-0.39, 0.29) is 16.9 Å². The highest BCUT2D eigenvalue weighted by Gasteiger charge is 2.51. The third-order valence-corrected chi connectivity index (χ3v) is 5.11.